The molecule has 0 spiro atoms. The average molecular weight is 176 g/mol. The van der Waals surface area contributed by atoms with Gasteiger partial charge in [-0.2, -0.15) is 0 Å². The van der Waals surface area contributed by atoms with Crippen LogP contribution in [0.1, 0.15) is 0 Å². The maximum atomic E-state index is 4.20. The smallest absolute Gasteiger partial charge is 0.0703 e. The van der Waals surface area contributed by atoms with Crippen molar-refractivity contribution in [1.29, 1.82) is 0 Å². The highest BCUT2D eigenvalue weighted by Gasteiger charge is 1.93. The number of benzene rings is 1. The lowest BCUT2D eigenvalue weighted by atomic mass is 10.2. The summed E-state index contributed by atoms with van der Waals surface area (Å²) in [5.74, 6) is 0. The van der Waals surface area contributed by atoms with E-state index in [9.17, 15) is 0 Å². The molecule has 0 aliphatic carbocycles. The monoisotopic (exact) mass is 176 g/mol. The third kappa shape index (κ3) is 1.23. The maximum absolute atomic E-state index is 4.20. The van der Waals surface area contributed by atoms with Crippen molar-refractivity contribution in [3.8, 4) is 0 Å². The fourth-order valence-corrected chi connectivity index (χ4v) is 1.28. The number of nitrogens with one attached hydrogen (secondary N) is 1. The fraction of sp³-hybridized carbons (Fsp3) is 0. The van der Waals surface area contributed by atoms with Gasteiger partial charge in [-0.3, -0.25) is 4.98 Å². The van der Waals surface area contributed by atoms with Crippen LogP contribution >= 0.6 is 12.8 Å². The van der Waals surface area contributed by atoms with Gasteiger partial charge in [-0.05, 0) is 24.3 Å². The Bertz CT molecular complexity index is 400. The van der Waals surface area contributed by atoms with E-state index in [-0.39, 0.29) is 0 Å². The maximum Gasteiger partial charge on any atom is 0.0703 e. The lowest BCUT2D eigenvalue weighted by Crippen LogP contribution is -1.81. The number of hydrogen-bond donors (Lipinski definition) is 2. The molecule has 12 heavy (non-hydrogen) atoms. The van der Waals surface area contributed by atoms with Gasteiger partial charge in [0, 0.05) is 17.3 Å². The summed E-state index contributed by atoms with van der Waals surface area (Å²) in [6, 6.07) is 9.87. The molecule has 3 heteroatoms. The van der Waals surface area contributed by atoms with E-state index in [1.54, 1.807) is 6.20 Å². The number of fused-ring (bicyclic) bond motifs is 1. The van der Waals surface area contributed by atoms with Gasteiger partial charge in [0.05, 0.1) is 5.52 Å². The molecule has 0 radical (unpaired) electrons. The number of hydrogen-bond acceptors (Lipinski definition) is 3. The highest BCUT2D eigenvalue weighted by Crippen LogP contribution is 2.16. The third-order valence-electron chi connectivity index (χ3n) is 1.73. The largest absolute Gasteiger partial charge is 0.332 e. The lowest BCUT2D eigenvalue weighted by Gasteiger charge is -1.99. The van der Waals surface area contributed by atoms with Crippen LogP contribution in [-0.4, -0.2) is 4.98 Å². The molecular weight excluding hydrogens is 168 g/mol. The summed E-state index contributed by atoms with van der Waals surface area (Å²) in [5, 5.41) is 1.12. The zero-order valence-electron chi connectivity index (χ0n) is 6.36. The van der Waals surface area contributed by atoms with E-state index >= 15 is 0 Å². The van der Waals surface area contributed by atoms with E-state index in [4.69, 9.17) is 0 Å². The molecule has 1 aromatic carbocycles. The zero-order chi connectivity index (χ0) is 8.39. The van der Waals surface area contributed by atoms with Crippen molar-refractivity contribution in [3.63, 3.8) is 0 Å². The van der Waals surface area contributed by atoms with Crippen molar-refractivity contribution in [2.75, 3.05) is 4.72 Å². The van der Waals surface area contributed by atoms with Crippen LogP contribution in [0.4, 0.5) is 5.69 Å². The van der Waals surface area contributed by atoms with Crippen LogP contribution in [-0.2, 0) is 0 Å². The second-order valence-electron chi connectivity index (χ2n) is 2.52. The van der Waals surface area contributed by atoms with E-state index in [0.29, 0.717) is 0 Å². The van der Waals surface area contributed by atoms with Gasteiger partial charge in [0.2, 0.25) is 0 Å². The van der Waals surface area contributed by atoms with E-state index < -0.39 is 0 Å². The van der Waals surface area contributed by atoms with Crippen molar-refractivity contribution >= 4 is 29.4 Å². The van der Waals surface area contributed by atoms with Crippen molar-refractivity contribution in [3.05, 3.63) is 36.5 Å². The lowest BCUT2D eigenvalue weighted by molar-refractivity contribution is 1.41. The molecule has 0 saturated heterocycles. The van der Waals surface area contributed by atoms with Gasteiger partial charge in [0.15, 0.2) is 0 Å². The summed E-state index contributed by atoms with van der Waals surface area (Å²) in [5.41, 5.74) is 1.99. The normalized spacial score (nSPS) is 10.1. The van der Waals surface area contributed by atoms with E-state index in [1.165, 1.54) is 0 Å². The van der Waals surface area contributed by atoms with Crippen LogP contribution in [0, 0.1) is 0 Å². The molecule has 2 rings (SSSR count). The molecule has 60 valence electrons. The summed E-state index contributed by atoms with van der Waals surface area (Å²) in [7, 11) is 0. The Morgan fingerprint density at radius 2 is 2.17 bits per heavy atom. The number of rotatable bonds is 1. The van der Waals surface area contributed by atoms with Gasteiger partial charge in [-0.1, -0.05) is 18.9 Å². The van der Waals surface area contributed by atoms with Crippen LogP contribution in [0.5, 0.6) is 0 Å². The minimum atomic E-state index is 0.985. The van der Waals surface area contributed by atoms with Crippen LogP contribution in [0.3, 0.4) is 0 Å². The van der Waals surface area contributed by atoms with Crippen molar-refractivity contribution in [2.45, 2.75) is 0 Å². The number of aromatic nitrogens is 1. The minimum absolute atomic E-state index is 0.985. The van der Waals surface area contributed by atoms with Gasteiger partial charge in [-0.25, -0.2) is 0 Å². The quantitative estimate of drug-likeness (QED) is 0.652. The minimum Gasteiger partial charge on any atom is -0.332 e. The Labute approximate surface area is 76.2 Å². The molecule has 2 aromatic rings. The second-order valence-corrected chi connectivity index (χ2v) is 2.75. The molecule has 0 amide bonds. The molecule has 0 aliphatic rings. The van der Waals surface area contributed by atoms with Gasteiger partial charge in [-0.15, -0.1) is 0 Å². The first-order valence-corrected chi connectivity index (χ1v) is 4.10. The van der Waals surface area contributed by atoms with Crippen LogP contribution < -0.4 is 4.72 Å². The third-order valence-corrected chi connectivity index (χ3v) is 1.99. The van der Waals surface area contributed by atoms with E-state index in [0.717, 1.165) is 16.6 Å². The first-order valence-electron chi connectivity index (χ1n) is 3.65. The molecule has 0 saturated carbocycles. The number of nitrogens with zero attached hydrogens (tertiary/aromatic N) is 1. The van der Waals surface area contributed by atoms with Crippen LogP contribution in [0.25, 0.3) is 10.9 Å². The zero-order valence-corrected chi connectivity index (χ0v) is 7.25. The molecule has 1 aromatic heterocycles. The molecule has 1 heterocycles. The molecule has 0 bridgehead atoms. The molecule has 2 nitrogen and oxygen atoms in total. The topological polar surface area (TPSA) is 24.9 Å². The first kappa shape index (κ1) is 7.43. The number of thiol groups is 1. The predicted molar refractivity (Wildman–Crippen MR) is 54.4 cm³/mol. The summed E-state index contributed by atoms with van der Waals surface area (Å²) in [6.45, 7) is 0. The van der Waals surface area contributed by atoms with E-state index in [2.05, 4.69) is 22.5 Å². The fourth-order valence-electron chi connectivity index (χ4n) is 1.15. The summed E-state index contributed by atoms with van der Waals surface area (Å²) in [6.07, 6.45) is 1.79. The highest BCUT2D eigenvalue weighted by atomic mass is 32.1. The first-order chi connectivity index (χ1) is 5.90. The van der Waals surface area contributed by atoms with Crippen LogP contribution in [0.15, 0.2) is 36.5 Å². The molecule has 0 unspecified atom stereocenters. The molecule has 1 N–H and O–H groups in total. The standard InChI is InChI=1S/C9H8N2S/c12-11-8-3-4-9-7(6-8)2-1-5-10-9/h1-6,11-12H. The molecule has 0 fully saturated rings. The summed E-state index contributed by atoms with van der Waals surface area (Å²) >= 11 is 3.97. The Kier molecular flexibility index (Phi) is 1.87. The van der Waals surface area contributed by atoms with Crippen molar-refractivity contribution in [1.82, 2.24) is 4.98 Å². The average Bonchev–Trinajstić information content (AvgIpc) is 2.17. The van der Waals surface area contributed by atoms with Gasteiger partial charge >= 0.3 is 0 Å². The Balaban J connectivity index is 2.67. The number of anilines is 1. The SMILES string of the molecule is SNc1ccc2ncccc2c1. The van der Waals surface area contributed by atoms with E-state index in [1.807, 2.05) is 30.3 Å². The van der Waals surface area contributed by atoms with Gasteiger partial charge in [0.1, 0.15) is 0 Å². The molecular formula is C9H8N2S. The highest BCUT2D eigenvalue weighted by molar-refractivity contribution is 7.81. The van der Waals surface area contributed by atoms with Crippen LogP contribution in [0.2, 0.25) is 0 Å². The molecule has 0 atom stereocenters. The van der Waals surface area contributed by atoms with Gasteiger partial charge < -0.3 is 4.72 Å². The predicted octanol–water partition coefficient (Wildman–Crippen LogP) is 2.49. The number of pyridine rings is 1. The Morgan fingerprint density at radius 1 is 1.25 bits per heavy atom. The summed E-state index contributed by atoms with van der Waals surface area (Å²) in [4.78, 5) is 4.20. The summed E-state index contributed by atoms with van der Waals surface area (Å²) < 4.78 is 2.79. The van der Waals surface area contributed by atoms with Crippen molar-refractivity contribution < 1.29 is 0 Å². The Hall–Kier alpha value is -1.22. The molecule has 0 aliphatic heterocycles. The Morgan fingerprint density at radius 3 is 3.00 bits per heavy atom. The van der Waals surface area contributed by atoms with Crippen molar-refractivity contribution in [2.24, 2.45) is 0 Å². The second kappa shape index (κ2) is 3.03. The van der Waals surface area contributed by atoms with Gasteiger partial charge in [0.25, 0.3) is 0 Å².